The van der Waals surface area contributed by atoms with E-state index in [1.165, 1.54) is 23.1 Å². The fourth-order valence-corrected chi connectivity index (χ4v) is 1.79. The first kappa shape index (κ1) is 12.0. The Morgan fingerprint density at radius 1 is 1.28 bits per heavy atom. The molecule has 1 saturated heterocycles. The Morgan fingerprint density at radius 3 is 2.50 bits per heavy atom. The molecule has 1 aromatic rings. The monoisotopic (exact) mass is 247 g/mol. The smallest absolute Gasteiger partial charge is 0.249 e. The molecule has 0 bridgehead atoms. The Bertz CT molecular complexity index is 520. The topological polar surface area (TPSA) is 64.4 Å². The van der Waals surface area contributed by atoms with Gasteiger partial charge in [-0.3, -0.25) is 14.5 Å². The van der Waals surface area contributed by atoms with Crippen molar-refractivity contribution < 1.29 is 14.0 Å². The van der Waals surface area contributed by atoms with E-state index in [2.05, 4.69) is 0 Å². The third-order valence-electron chi connectivity index (χ3n) is 2.66. The van der Waals surface area contributed by atoms with E-state index in [0.29, 0.717) is 5.69 Å². The first-order chi connectivity index (χ1) is 8.61. The van der Waals surface area contributed by atoms with Crippen molar-refractivity contribution in [2.45, 2.75) is 0 Å². The van der Waals surface area contributed by atoms with Gasteiger partial charge in [-0.25, -0.2) is 4.39 Å². The van der Waals surface area contributed by atoms with Crippen LogP contribution in [0.1, 0.15) is 0 Å². The van der Waals surface area contributed by atoms with Crippen molar-refractivity contribution in [2.24, 2.45) is 0 Å². The molecule has 1 aliphatic rings. The molecule has 0 aromatic heterocycles. The molecule has 18 heavy (non-hydrogen) atoms. The molecular weight excluding hydrogens is 237 g/mol. The van der Waals surface area contributed by atoms with Crippen LogP contribution >= 0.6 is 0 Å². The van der Waals surface area contributed by atoms with Crippen LogP contribution in [0.15, 0.2) is 24.3 Å². The maximum atomic E-state index is 13.1. The Kier molecular flexibility index (Phi) is 3.24. The number of carbonyl (C=O) groups excluding carboxylic acids is 2. The van der Waals surface area contributed by atoms with E-state index in [-0.39, 0.29) is 19.6 Å². The van der Waals surface area contributed by atoms with Crippen LogP contribution in [0.25, 0.3) is 0 Å². The van der Waals surface area contributed by atoms with Crippen molar-refractivity contribution in [3.63, 3.8) is 0 Å². The Hall–Kier alpha value is -2.42. The van der Waals surface area contributed by atoms with Crippen LogP contribution in [0.2, 0.25) is 0 Å². The molecule has 0 atom stereocenters. The molecule has 0 N–H and O–H groups in total. The molecule has 1 heterocycles. The lowest BCUT2D eigenvalue weighted by Gasteiger charge is -2.32. The first-order valence-corrected chi connectivity index (χ1v) is 5.32. The van der Waals surface area contributed by atoms with Gasteiger partial charge in [-0.05, 0) is 18.2 Å². The summed E-state index contributed by atoms with van der Waals surface area (Å²) in [5.74, 6) is -1.32. The largest absolute Gasteiger partial charge is 0.353 e. The number of halogens is 1. The second-order valence-corrected chi connectivity index (χ2v) is 3.87. The third-order valence-corrected chi connectivity index (χ3v) is 2.66. The van der Waals surface area contributed by atoms with Crippen molar-refractivity contribution >= 4 is 17.5 Å². The van der Waals surface area contributed by atoms with Crippen molar-refractivity contribution in [1.29, 1.82) is 5.26 Å². The second-order valence-electron chi connectivity index (χ2n) is 3.87. The number of carbonyl (C=O) groups is 2. The Labute approximate surface area is 103 Å². The number of rotatable bonds is 2. The summed E-state index contributed by atoms with van der Waals surface area (Å²) in [6, 6.07) is 7.47. The summed E-state index contributed by atoms with van der Waals surface area (Å²) >= 11 is 0. The predicted molar refractivity (Wildman–Crippen MR) is 60.9 cm³/mol. The van der Waals surface area contributed by atoms with Gasteiger partial charge in [0.05, 0.1) is 19.2 Å². The predicted octanol–water partition coefficient (Wildman–Crippen LogP) is 0.524. The number of benzene rings is 1. The van der Waals surface area contributed by atoms with Gasteiger partial charge in [-0.15, -0.1) is 0 Å². The fraction of sp³-hybridized carbons (Fsp3) is 0.250. The quantitative estimate of drug-likeness (QED) is 0.564. The molecule has 0 radical (unpaired) electrons. The molecule has 5 nitrogen and oxygen atoms in total. The van der Waals surface area contributed by atoms with Crippen molar-refractivity contribution in [3.05, 3.63) is 30.1 Å². The summed E-state index contributed by atoms with van der Waals surface area (Å²) in [7, 11) is 0. The van der Waals surface area contributed by atoms with Crippen LogP contribution in [0.4, 0.5) is 10.1 Å². The van der Waals surface area contributed by atoms with E-state index < -0.39 is 17.6 Å². The molecule has 0 saturated carbocycles. The highest BCUT2D eigenvalue weighted by Crippen LogP contribution is 2.18. The molecule has 1 aromatic carbocycles. The molecule has 1 fully saturated rings. The maximum absolute atomic E-state index is 13.1. The Morgan fingerprint density at radius 2 is 1.94 bits per heavy atom. The first-order valence-electron chi connectivity index (χ1n) is 5.32. The summed E-state index contributed by atoms with van der Waals surface area (Å²) in [6.45, 7) is -0.303. The van der Waals surface area contributed by atoms with Crippen molar-refractivity contribution in [1.82, 2.24) is 4.90 Å². The summed E-state index contributed by atoms with van der Waals surface area (Å²) in [5.41, 5.74) is 0.480. The minimum atomic E-state index is -0.447. The minimum Gasteiger partial charge on any atom is -0.353 e. The van der Waals surface area contributed by atoms with Crippen LogP contribution in [0.5, 0.6) is 0 Å². The number of hydrogen-bond donors (Lipinski definition) is 0. The lowest BCUT2D eigenvalue weighted by Crippen LogP contribution is -2.54. The van der Waals surface area contributed by atoms with E-state index in [4.69, 9.17) is 5.26 Å². The van der Waals surface area contributed by atoms with Crippen molar-refractivity contribution in [2.75, 3.05) is 24.5 Å². The number of anilines is 1. The standard InChI is InChI=1S/C12H10FN3O2/c13-9-2-1-3-10(6-9)15-7-11(17)16(5-4-14)12(18)8-15/h1-3,6H,5,7-8H2. The second kappa shape index (κ2) is 4.84. The molecule has 0 unspecified atom stereocenters. The van der Waals surface area contributed by atoms with Crippen LogP contribution in [-0.2, 0) is 9.59 Å². The normalized spacial score (nSPS) is 15.8. The number of nitrogens with zero attached hydrogens (tertiary/aromatic N) is 3. The highest BCUT2D eigenvalue weighted by molar-refractivity contribution is 6.02. The van der Waals surface area contributed by atoms with Gasteiger partial charge in [0.15, 0.2) is 0 Å². The van der Waals surface area contributed by atoms with E-state index in [0.717, 1.165) is 4.90 Å². The van der Waals surface area contributed by atoms with Gasteiger partial charge in [0, 0.05) is 5.69 Å². The molecular formula is C12H10FN3O2. The lowest BCUT2D eigenvalue weighted by atomic mass is 10.2. The zero-order chi connectivity index (χ0) is 13.1. The SMILES string of the molecule is N#CCN1C(=O)CN(c2cccc(F)c2)CC1=O. The molecule has 6 heteroatoms. The summed E-state index contributed by atoms with van der Waals surface area (Å²) in [6.07, 6.45) is 0. The van der Waals surface area contributed by atoms with Crippen LogP contribution in [0, 0.1) is 17.1 Å². The number of piperazine rings is 1. The molecule has 2 amide bonds. The number of nitriles is 1. The number of hydrogen-bond acceptors (Lipinski definition) is 4. The molecule has 0 spiro atoms. The number of imide groups is 1. The lowest BCUT2D eigenvalue weighted by molar-refractivity contribution is -0.144. The zero-order valence-electron chi connectivity index (χ0n) is 9.47. The summed E-state index contributed by atoms with van der Waals surface area (Å²) < 4.78 is 13.1. The Balaban J connectivity index is 2.18. The van der Waals surface area contributed by atoms with E-state index >= 15 is 0 Å². The van der Waals surface area contributed by atoms with Crippen LogP contribution < -0.4 is 4.90 Å². The summed E-state index contributed by atoms with van der Waals surface area (Å²) in [4.78, 5) is 25.8. The van der Waals surface area contributed by atoms with E-state index in [1.54, 1.807) is 12.1 Å². The molecule has 0 aliphatic carbocycles. The van der Waals surface area contributed by atoms with Gasteiger partial charge in [-0.1, -0.05) is 6.07 Å². The highest BCUT2D eigenvalue weighted by Gasteiger charge is 2.30. The minimum absolute atomic E-state index is 0.0309. The van der Waals surface area contributed by atoms with Crippen LogP contribution in [0.3, 0.4) is 0 Å². The average Bonchev–Trinajstić information content (AvgIpc) is 2.33. The van der Waals surface area contributed by atoms with E-state index in [1.807, 2.05) is 0 Å². The maximum Gasteiger partial charge on any atom is 0.249 e. The number of amides is 2. The highest BCUT2D eigenvalue weighted by atomic mass is 19.1. The van der Waals surface area contributed by atoms with Crippen LogP contribution in [-0.4, -0.2) is 36.3 Å². The fourth-order valence-electron chi connectivity index (χ4n) is 1.79. The summed E-state index contributed by atoms with van der Waals surface area (Å²) in [5, 5.41) is 8.51. The van der Waals surface area contributed by atoms with Gasteiger partial charge < -0.3 is 4.90 Å². The molecule has 2 rings (SSSR count). The van der Waals surface area contributed by atoms with Crippen molar-refractivity contribution in [3.8, 4) is 6.07 Å². The van der Waals surface area contributed by atoms with E-state index in [9.17, 15) is 14.0 Å². The van der Waals surface area contributed by atoms with Gasteiger partial charge in [-0.2, -0.15) is 5.26 Å². The van der Waals surface area contributed by atoms with Gasteiger partial charge in [0.1, 0.15) is 12.4 Å². The van der Waals surface area contributed by atoms with Gasteiger partial charge >= 0.3 is 0 Å². The third kappa shape index (κ3) is 2.30. The average molecular weight is 247 g/mol. The van der Waals surface area contributed by atoms with Gasteiger partial charge in [0.25, 0.3) is 0 Å². The van der Waals surface area contributed by atoms with Gasteiger partial charge in [0.2, 0.25) is 11.8 Å². The molecule has 1 aliphatic heterocycles. The molecule has 92 valence electrons. The zero-order valence-corrected chi connectivity index (χ0v) is 9.47.